The molecule has 12 atom stereocenters. The molecule has 0 bridgehead atoms. The van der Waals surface area contributed by atoms with Crippen LogP contribution >= 0.6 is 0 Å². The van der Waals surface area contributed by atoms with E-state index in [-0.39, 0.29) is 40.6 Å². The predicted octanol–water partition coefficient (Wildman–Crippen LogP) is 4.15. The quantitative estimate of drug-likeness (QED) is 0.361. The molecule has 6 nitrogen and oxygen atoms in total. The van der Waals surface area contributed by atoms with Crippen LogP contribution in [-0.2, 0) is 4.79 Å². The van der Waals surface area contributed by atoms with Crippen molar-refractivity contribution in [3.63, 3.8) is 0 Å². The van der Waals surface area contributed by atoms with Crippen LogP contribution in [0.2, 0.25) is 0 Å². The van der Waals surface area contributed by atoms with Crippen LogP contribution in [-0.4, -0.2) is 55.9 Å². The normalized spacial score (nSPS) is 58.6. The Bertz CT molecular complexity index is 974. The van der Waals surface area contributed by atoms with E-state index in [1.165, 1.54) is 0 Å². The number of allylic oxidation sites excluding steroid dienone is 1. The molecule has 4 fully saturated rings. The van der Waals surface area contributed by atoms with Crippen molar-refractivity contribution in [3.05, 3.63) is 11.6 Å². The summed E-state index contributed by atoms with van der Waals surface area (Å²) >= 11 is 0. The van der Waals surface area contributed by atoms with E-state index in [1.807, 2.05) is 20.8 Å². The lowest BCUT2D eigenvalue weighted by atomic mass is 9.32. The van der Waals surface area contributed by atoms with Crippen molar-refractivity contribution >= 4 is 5.97 Å². The molecule has 5 aliphatic carbocycles. The van der Waals surface area contributed by atoms with Gasteiger partial charge >= 0.3 is 5.97 Å². The number of rotatable bonds is 2. The fourth-order valence-corrected chi connectivity index (χ4v) is 11.0. The number of aliphatic hydroxyl groups excluding tert-OH is 3. The molecule has 5 aliphatic rings. The Balaban J connectivity index is 1.66. The Morgan fingerprint density at radius 1 is 1.03 bits per heavy atom. The largest absolute Gasteiger partial charge is 0.481 e. The van der Waals surface area contributed by atoms with Crippen molar-refractivity contribution in [2.45, 2.75) is 111 Å². The molecule has 0 heterocycles. The van der Waals surface area contributed by atoms with E-state index in [9.17, 15) is 30.3 Å². The summed E-state index contributed by atoms with van der Waals surface area (Å²) in [5.41, 5.74) is -2.62. The van der Waals surface area contributed by atoms with Crippen molar-refractivity contribution in [2.75, 3.05) is 6.61 Å². The first-order chi connectivity index (χ1) is 16.6. The molecule has 0 aromatic rings. The fourth-order valence-electron chi connectivity index (χ4n) is 11.0. The van der Waals surface area contributed by atoms with Gasteiger partial charge in [0.25, 0.3) is 0 Å². The van der Waals surface area contributed by atoms with Crippen LogP contribution in [0.15, 0.2) is 11.6 Å². The van der Waals surface area contributed by atoms with Crippen molar-refractivity contribution < 1.29 is 30.3 Å². The number of hydrogen-bond donors (Lipinski definition) is 5. The smallest absolute Gasteiger partial charge is 0.310 e. The summed E-state index contributed by atoms with van der Waals surface area (Å²) in [7, 11) is 0. The van der Waals surface area contributed by atoms with Gasteiger partial charge in [-0.15, -0.1) is 0 Å². The van der Waals surface area contributed by atoms with Gasteiger partial charge in [0.2, 0.25) is 0 Å². The van der Waals surface area contributed by atoms with Crippen molar-refractivity contribution in [1.82, 2.24) is 0 Å². The lowest BCUT2D eigenvalue weighted by Crippen LogP contribution is -2.70. The van der Waals surface area contributed by atoms with E-state index in [0.717, 1.165) is 24.8 Å². The Kier molecular flexibility index (Phi) is 5.77. The number of fused-ring (bicyclic) bond motifs is 7. The van der Waals surface area contributed by atoms with E-state index in [2.05, 4.69) is 26.8 Å². The highest BCUT2D eigenvalue weighted by molar-refractivity contribution is 5.77. The molecule has 0 spiro atoms. The van der Waals surface area contributed by atoms with E-state index < -0.39 is 40.5 Å². The zero-order valence-corrected chi connectivity index (χ0v) is 23.0. The zero-order chi connectivity index (χ0) is 26.7. The predicted molar refractivity (Wildman–Crippen MR) is 137 cm³/mol. The van der Waals surface area contributed by atoms with Gasteiger partial charge in [-0.25, -0.2) is 0 Å². The summed E-state index contributed by atoms with van der Waals surface area (Å²) in [6.45, 7) is 12.5. The first-order valence-corrected chi connectivity index (χ1v) is 14.2. The van der Waals surface area contributed by atoms with E-state index in [1.54, 1.807) is 0 Å². The van der Waals surface area contributed by atoms with E-state index in [4.69, 9.17) is 0 Å². The molecule has 4 saturated carbocycles. The molecule has 5 N–H and O–H groups in total. The maximum absolute atomic E-state index is 12.8. The minimum atomic E-state index is -1.11. The first-order valence-electron chi connectivity index (χ1n) is 14.2. The Labute approximate surface area is 216 Å². The average molecular weight is 505 g/mol. The van der Waals surface area contributed by atoms with Gasteiger partial charge in [0.15, 0.2) is 0 Å². The molecule has 0 aromatic heterocycles. The second-order valence-corrected chi connectivity index (χ2v) is 14.7. The van der Waals surface area contributed by atoms with Crippen molar-refractivity contribution in [1.29, 1.82) is 0 Å². The third kappa shape index (κ3) is 2.91. The summed E-state index contributed by atoms with van der Waals surface area (Å²) in [5, 5.41) is 55.6. The standard InChI is InChI=1S/C30H48O6/c1-17-9-12-30(24(34)35)14-13-27(4)18(22(30)29(17,6)36)7-8-20-25(2)11-10-21(33)26(3,16-31)23(25)19(32)15-28(20,27)5/h7,17,19-23,31-33,36H,8-16H2,1-6H3,(H,34,35)/t17-,19+,20-,21+,22-,23+,25-,26+,27-,28-,29-,30+/m1/s1. The van der Waals surface area contributed by atoms with Crippen LogP contribution in [0, 0.1) is 50.7 Å². The van der Waals surface area contributed by atoms with E-state index in [0.29, 0.717) is 32.1 Å². The maximum atomic E-state index is 12.8. The Morgan fingerprint density at radius 2 is 1.69 bits per heavy atom. The van der Waals surface area contributed by atoms with Crippen LogP contribution < -0.4 is 0 Å². The lowest BCUT2D eigenvalue weighted by molar-refractivity contribution is -0.255. The van der Waals surface area contributed by atoms with Gasteiger partial charge in [0.1, 0.15) is 0 Å². The number of aliphatic carboxylic acids is 1. The maximum Gasteiger partial charge on any atom is 0.310 e. The highest BCUT2D eigenvalue weighted by Crippen LogP contribution is 2.76. The topological polar surface area (TPSA) is 118 Å². The summed E-state index contributed by atoms with van der Waals surface area (Å²) in [6.07, 6.45) is 6.26. The number of carboxylic acids is 1. The number of carbonyl (C=O) groups is 1. The molecular formula is C30H48O6. The van der Waals surface area contributed by atoms with E-state index >= 15 is 0 Å². The summed E-state index contributed by atoms with van der Waals surface area (Å²) in [5.74, 6) is -1.21. The molecular weight excluding hydrogens is 456 g/mol. The molecule has 204 valence electrons. The highest BCUT2D eigenvalue weighted by atomic mass is 16.4. The van der Waals surface area contributed by atoms with Crippen LogP contribution in [0.3, 0.4) is 0 Å². The van der Waals surface area contributed by atoms with Crippen LogP contribution in [0.4, 0.5) is 0 Å². The van der Waals surface area contributed by atoms with Crippen molar-refractivity contribution in [2.24, 2.45) is 50.7 Å². The Morgan fingerprint density at radius 3 is 2.31 bits per heavy atom. The summed E-state index contributed by atoms with van der Waals surface area (Å²) in [4.78, 5) is 12.8. The molecule has 5 rings (SSSR count). The van der Waals surface area contributed by atoms with Gasteiger partial charge in [-0.1, -0.05) is 46.3 Å². The molecule has 0 saturated heterocycles. The second kappa shape index (κ2) is 7.80. The monoisotopic (exact) mass is 504 g/mol. The molecule has 0 unspecified atom stereocenters. The SMILES string of the molecule is C[C@@H]1CC[C@]2(C(=O)O)CC[C@]3(C)C(=CC[C@@H]4[C@@]5(C)CC[C@H](O)[C@](C)(CO)[C@H]5[C@@H](O)C[C@]43C)[C@@H]2[C@]1(C)O. The molecule has 36 heavy (non-hydrogen) atoms. The number of carboxylic acid groups (broad SMARTS) is 1. The van der Waals surface area contributed by atoms with Gasteiger partial charge in [-0.3, -0.25) is 4.79 Å². The van der Waals surface area contributed by atoms with Crippen LogP contribution in [0.5, 0.6) is 0 Å². The van der Waals surface area contributed by atoms with Crippen LogP contribution in [0.25, 0.3) is 0 Å². The minimum Gasteiger partial charge on any atom is -0.481 e. The first kappa shape index (κ1) is 26.6. The average Bonchev–Trinajstić information content (AvgIpc) is 2.79. The highest BCUT2D eigenvalue weighted by Gasteiger charge is 2.73. The van der Waals surface area contributed by atoms with Crippen molar-refractivity contribution in [3.8, 4) is 0 Å². The Hall–Kier alpha value is -0.950. The number of aliphatic hydroxyl groups is 4. The second-order valence-electron chi connectivity index (χ2n) is 14.7. The van der Waals surface area contributed by atoms with Gasteiger partial charge in [-0.05, 0) is 86.4 Å². The lowest BCUT2D eigenvalue weighted by Gasteiger charge is -2.72. The van der Waals surface area contributed by atoms with Gasteiger partial charge in [-0.2, -0.15) is 0 Å². The summed E-state index contributed by atoms with van der Waals surface area (Å²) < 4.78 is 0. The number of hydrogen-bond acceptors (Lipinski definition) is 5. The molecule has 0 aromatic carbocycles. The molecule has 0 radical (unpaired) electrons. The fraction of sp³-hybridized carbons (Fsp3) is 0.900. The van der Waals surface area contributed by atoms with Gasteiger partial charge < -0.3 is 25.5 Å². The van der Waals surface area contributed by atoms with Crippen LogP contribution in [0.1, 0.15) is 92.9 Å². The molecule has 6 heteroatoms. The minimum absolute atomic E-state index is 0.00712. The molecule has 0 aliphatic heterocycles. The summed E-state index contributed by atoms with van der Waals surface area (Å²) in [6, 6.07) is 0. The molecule has 0 amide bonds. The van der Waals surface area contributed by atoms with Gasteiger partial charge in [0.05, 0.1) is 29.8 Å². The zero-order valence-electron chi connectivity index (χ0n) is 23.0. The third-order valence-electron chi connectivity index (χ3n) is 13.5. The third-order valence-corrected chi connectivity index (χ3v) is 13.5. The van der Waals surface area contributed by atoms with Gasteiger partial charge in [0, 0.05) is 17.3 Å².